The molecule has 0 aromatic rings. The van der Waals surface area contributed by atoms with Crippen LogP contribution in [-0.4, -0.2) is 32.7 Å². The lowest BCUT2D eigenvalue weighted by atomic mass is 10.1. The molecule has 0 aromatic carbocycles. The summed E-state index contributed by atoms with van der Waals surface area (Å²) in [5.41, 5.74) is 0. The van der Waals surface area contributed by atoms with Gasteiger partial charge in [0.2, 0.25) is 0 Å². The highest BCUT2D eigenvalue weighted by Crippen LogP contribution is 2.02. The molecule has 0 amide bonds. The molecule has 0 aliphatic rings. The Morgan fingerprint density at radius 3 is 2.69 bits per heavy atom. The van der Waals surface area contributed by atoms with E-state index in [9.17, 15) is 4.79 Å². The second-order valence-electron chi connectivity index (χ2n) is 3.36. The summed E-state index contributed by atoms with van der Waals surface area (Å²) in [4.78, 5) is 11.2. The molecule has 13 heavy (non-hydrogen) atoms. The molecule has 0 aromatic heterocycles. The van der Waals surface area contributed by atoms with E-state index in [4.69, 9.17) is 9.47 Å². The molecule has 78 valence electrons. The monoisotopic (exact) mass is 188 g/mol. The van der Waals surface area contributed by atoms with Crippen molar-refractivity contribution in [3.8, 4) is 0 Å². The van der Waals surface area contributed by atoms with Crippen LogP contribution in [0.4, 0.5) is 0 Å². The molecule has 0 aliphatic heterocycles. The maximum Gasteiger partial charge on any atom is 0.158 e. The summed E-state index contributed by atoms with van der Waals surface area (Å²) in [6, 6.07) is 0. The second-order valence-corrected chi connectivity index (χ2v) is 3.36. The zero-order valence-corrected chi connectivity index (χ0v) is 8.84. The third kappa shape index (κ3) is 7.94. The summed E-state index contributed by atoms with van der Waals surface area (Å²) in [5, 5.41) is 0. The molecule has 0 saturated heterocycles. The molecule has 0 bridgehead atoms. The lowest BCUT2D eigenvalue weighted by molar-refractivity contribution is -0.124. The van der Waals surface area contributed by atoms with E-state index in [2.05, 4.69) is 0 Å². The van der Waals surface area contributed by atoms with Gasteiger partial charge in [-0.2, -0.15) is 0 Å². The van der Waals surface area contributed by atoms with Crippen molar-refractivity contribution in [3.63, 3.8) is 0 Å². The summed E-state index contributed by atoms with van der Waals surface area (Å²) in [5.74, 6) is 0.459. The van der Waals surface area contributed by atoms with Crippen molar-refractivity contribution in [1.82, 2.24) is 0 Å². The molecule has 0 N–H and O–H groups in total. The number of methoxy groups -OCH3 is 1. The standard InChI is InChI=1S/C10H20O3/c1-4-5-13-8-10(11)6-9(2)7-12-3/h9H,4-8H2,1-3H3. The Morgan fingerprint density at radius 1 is 1.46 bits per heavy atom. The van der Waals surface area contributed by atoms with Gasteiger partial charge < -0.3 is 9.47 Å². The lowest BCUT2D eigenvalue weighted by Crippen LogP contribution is -2.15. The smallest absolute Gasteiger partial charge is 0.158 e. The van der Waals surface area contributed by atoms with Crippen LogP contribution in [0.5, 0.6) is 0 Å². The Kier molecular flexibility index (Phi) is 7.94. The SMILES string of the molecule is CCCOCC(=O)CC(C)COC. The fourth-order valence-electron chi connectivity index (χ4n) is 1.12. The van der Waals surface area contributed by atoms with Crippen molar-refractivity contribution in [2.24, 2.45) is 5.92 Å². The fourth-order valence-corrected chi connectivity index (χ4v) is 1.12. The van der Waals surface area contributed by atoms with Crippen LogP contribution < -0.4 is 0 Å². The molecule has 1 atom stereocenters. The third-order valence-corrected chi connectivity index (χ3v) is 1.64. The van der Waals surface area contributed by atoms with E-state index in [0.717, 1.165) is 6.42 Å². The van der Waals surface area contributed by atoms with Gasteiger partial charge in [-0.1, -0.05) is 13.8 Å². The van der Waals surface area contributed by atoms with Crippen LogP contribution in [0.3, 0.4) is 0 Å². The number of hydrogen-bond acceptors (Lipinski definition) is 3. The number of ketones is 1. The van der Waals surface area contributed by atoms with Crippen LogP contribution in [0.15, 0.2) is 0 Å². The van der Waals surface area contributed by atoms with Gasteiger partial charge in [-0.05, 0) is 12.3 Å². The number of carbonyl (C=O) groups excluding carboxylic acids is 1. The van der Waals surface area contributed by atoms with Crippen molar-refractivity contribution in [2.75, 3.05) is 26.9 Å². The highest BCUT2D eigenvalue weighted by Gasteiger charge is 2.08. The summed E-state index contributed by atoms with van der Waals surface area (Å²) < 4.78 is 10.1. The van der Waals surface area contributed by atoms with Crippen LogP contribution in [-0.2, 0) is 14.3 Å². The zero-order chi connectivity index (χ0) is 10.1. The van der Waals surface area contributed by atoms with Crippen LogP contribution >= 0.6 is 0 Å². The van der Waals surface area contributed by atoms with E-state index < -0.39 is 0 Å². The molecule has 0 spiro atoms. The minimum absolute atomic E-state index is 0.165. The summed E-state index contributed by atoms with van der Waals surface area (Å²) >= 11 is 0. The van der Waals surface area contributed by atoms with Crippen molar-refractivity contribution in [1.29, 1.82) is 0 Å². The summed E-state index contributed by atoms with van der Waals surface area (Å²) in [7, 11) is 1.65. The number of rotatable bonds is 8. The number of Topliss-reactive ketones (excluding diaryl/α,β-unsaturated/α-hetero) is 1. The topological polar surface area (TPSA) is 35.5 Å². The van der Waals surface area contributed by atoms with Gasteiger partial charge >= 0.3 is 0 Å². The maximum absolute atomic E-state index is 11.2. The maximum atomic E-state index is 11.2. The first-order valence-electron chi connectivity index (χ1n) is 4.79. The zero-order valence-electron chi connectivity index (χ0n) is 8.84. The van der Waals surface area contributed by atoms with Gasteiger partial charge in [0.25, 0.3) is 0 Å². The minimum atomic E-state index is 0.165. The number of carbonyl (C=O) groups is 1. The first-order valence-corrected chi connectivity index (χ1v) is 4.79. The Hall–Kier alpha value is -0.410. The molecular weight excluding hydrogens is 168 g/mol. The van der Waals surface area contributed by atoms with Crippen molar-refractivity contribution < 1.29 is 14.3 Å². The average molecular weight is 188 g/mol. The van der Waals surface area contributed by atoms with Gasteiger partial charge in [-0.3, -0.25) is 4.79 Å². The largest absolute Gasteiger partial charge is 0.384 e. The molecule has 0 fully saturated rings. The molecule has 1 unspecified atom stereocenters. The molecule has 3 nitrogen and oxygen atoms in total. The molecule has 0 rings (SSSR count). The van der Waals surface area contributed by atoms with Gasteiger partial charge in [0.15, 0.2) is 5.78 Å². The van der Waals surface area contributed by atoms with Gasteiger partial charge in [0.1, 0.15) is 6.61 Å². The first-order chi connectivity index (χ1) is 6.20. The Morgan fingerprint density at radius 2 is 2.15 bits per heavy atom. The van der Waals surface area contributed by atoms with Gasteiger partial charge in [-0.15, -0.1) is 0 Å². The quantitative estimate of drug-likeness (QED) is 0.543. The summed E-state index contributed by atoms with van der Waals surface area (Å²) in [6.45, 7) is 5.59. The van der Waals surface area contributed by atoms with E-state index >= 15 is 0 Å². The van der Waals surface area contributed by atoms with E-state index in [1.54, 1.807) is 7.11 Å². The Bertz CT molecular complexity index is 134. The molecule has 0 heterocycles. The van der Waals surface area contributed by atoms with Crippen LogP contribution in [0, 0.1) is 5.92 Å². The van der Waals surface area contributed by atoms with Crippen molar-refractivity contribution in [3.05, 3.63) is 0 Å². The third-order valence-electron chi connectivity index (χ3n) is 1.64. The summed E-state index contributed by atoms with van der Waals surface area (Å²) in [6.07, 6.45) is 1.51. The fraction of sp³-hybridized carbons (Fsp3) is 0.900. The number of hydrogen-bond donors (Lipinski definition) is 0. The predicted molar refractivity (Wildman–Crippen MR) is 51.8 cm³/mol. The molecule has 0 saturated carbocycles. The highest BCUT2D eigenvalue weighted by atomic mass is 16.5. The Labute approximate surface area is 80.4 Å². The van der Waals surface area contributed by atoms with E-state index in [0.29, 0.717) is 25.6 Å². The molecule has 3 heteroatoms. The molecule has 0 radical (unpaired) electrons. The van der Waals surface area contributed by atoms with Crippen LogP contribution in [0.2, 0.25) is 0 Å². The lowest BCUT2D eigenvalue weighted by Gasteiger charge is -2.08. The first kappa shape index (κ1) is 12.6. The normalized spacial score (nSPS) is 12.8. The van der Waals surface area contributed by atoms with E-state index in [-0.39, 0.29) is 12.4 Å². The van der Waals surface area contributed by atoms with Crippen LogP contribution in [0.1, 0.15) is 26.7 Å². The van der Waals surface area contributed by atoms with Crippen molar-refractivity contribution >= 4 is 5.78 Å². The minimum Gasteiger partial charge on any atom is -0.384 e. The number of ether oxygens (including phenoxy) is 2. The van der Waals surface area contributed by atoms with Crippen molar-refractivity contribution in [2.45, 2.75) is 26.7 Å². The second kappa shape index (κ2) is 8.20. The average Bonchev–Trinajstić information content (AvgIpc) is 2.05. The Balaban J connectivity index is 3.38. The van der Waals surface area contributed by atoms with Crippen LogP contribution in [0.25, 0.3) is 0 Å². The highest BCUT2D eigenvalue weighted by molar-refractivity contribution is 5.79. The van der Waals surface area contributed by atoms with E-state index in [1.165, 1.54) is 0 Å². The predicted octanol–water partition coefficient (Wildman–Crippen LogP) is 1.65. The van der Waals surface area contributed by atoms with E-state index in [1.807, 2.05) is 13.8 Å². The molecule has 0 aliphatic carbocycles. The molecular formula is C10H20O3. The van der Waals surface area contributed by atoms with Gasteiger partial charge in [0.05, 0.1) is 0 Å². The van der Waals surface area contributed by atoms with Gasteiger partial charge in [-0.25, -0.2) is 0 Å². The van der Waals surface area contributed by atoms with Gasteiger partial charge in [0, 0.05) is 26.7 Å².